The van der Waals surface area contributed by atoms with E-state index in [-0.39, 0.29) is 18.3 Å². The maximum atomic E-state index is 12.0. The van der Waals surface area contributed by atoms with E-state index in [1.807, 2.05) is 4.57 Å². The van der Waals surface area contributed by atoms with Gasteiger partial charge in [0.25, 0.3) is 0 Å². The normalized spacial score (nSPS) is 30.3. The molecule has 0 bridgehead atoms. The Morgan fingerprint density at radius 3 is 2.83 bits per heavy atom. The molecular formula is C11H17N3O3S. The van der Waals surface area contributed by atoms with Crippen LogP contribution < -0.4 is 0 Å². The molecule has 2 atom stereocenters. The summed E-state index contributed by atoms with van der Waals surface area (Å²) in [6.07, 6.45) is 3.01. The van der Waals surface area contributed by atoms with Crippen molar-refractivity contribution in [2.75, 3.05) is 12.4 Å². The van der Waals surface area contributed by atoms with Crippen LogP contribution in [0.3, 0.4) is 0 Å². The quantitative estimate of drug-likeness (QED) is 0.823. The SMILES string of the molecule is O=S1(=O)CCCC1c1nnc2n1CC(CO)CC2. The average molecular weight is 271 g/mol. The lowest BCUT2D eigenvalue weighted by molar-refractivity contribution is 0.189. The molecule has 0 aromatic carbocycles. The summed E-state index contributed by atoms with van der Waals surface area (Å²) in [6.45, 7) is 0.772. The van der Waals surface area contributed by atoms with Crippen LogP contribution in [-0.4, -0.2) is 40.6 Å². The van der Waals surface area contributed by atoms with Crippen LogP contribution >= 0.6 is 0 Å². The van der Waals surface area contributed by atoms with E-state index in [4.69, 9.17) is 0 Å². The first-order chi connectivity index (χ1) is 8.62. The zero-order valence-corrected chi connectivity index (χ0v) is 10.9. The van der Waals surface area contributed by atoms with E-state index in [1.165, 1.54) is 0 Å². The molecule has 0 radical (unpaired) electrons. The number of aryl methyl sites for hydroxylation is 1. The third kappa shape index (κ3) is 1.85. The molecule has 0 saturated carbocycles. The van der Waals surface area contributed by atoms with Gasteiger partial charge in [0.2, 0.25) is 0 Å². The summed E-state index contributed by atoms with van der Waals surface area (Å²) in [7, 11) is -3.05. The van der Waals surface area contributed by atoms with E-state index in [0.29, 0.717) is 25.2 Å². The number of rotatable bonds is 2. The fourth-order valence-electron chi connectivity index (χ4n) is 2.88. The molecule has 100 valence electrons. The number of sulfone groups is 1. The van der Waals surface area contributed by atoms with E-state index in [1.54, 1.807) is 0 Å². The Balaban J connectivity index is 1.97. The van der Waals surface area contributed by atoms with Gasteiger partial charge in [-0.2, -0.15) is 0 Å². The first kappa shape index (κ1) is 12.1. The Morgan fingerprint density at radius 1 is 1.33 bits per heavy atom. The summed E-state index contributed by atoms with van der Waals surface area (Å²) in [4.78, 5) is 0. The summed E-state index contributed by atoms with van der Waals surface area (Å²) >= 11 is 0. The average Bonchev–Trinajstić information content (AvgIpc) is 2.90. The minimum atomic E-state index is -3.05. The predicted molar refractivity (Wildman–Crippen MR) is 64.7 cm³/mol. The number of fused-ring (bicyclic) bond motifs is 1. The van der Waals surface area contributed by atoms with Crippen LogP contribution in [0.2, 0.25) is 0 Å². The van der Waals surface area contributed by atoms with Gasteiger partial charge in [-0.25, -0.2) is 8.42 Å². The summed E-state index contributed by atoms with van der Waals surface area (Å²) in [5.74, 6) is 1.89. The van der Waals surface area contributed by atoms with Crippen molar-refractivity contribution in [3.8, 4) is 0 Å². The second-order valence-corrected chi connectivity index (χ2v) is 7.47. The fourth-order valence-corrected chi connectivity index (χ4v) is 4.76. The smallest absolute Gasteiger partial charge is 0.160 e. The van der Waals surface area contributed by atoms with Crippen LogP contribution in [0.5, 0.6) is 0 Å². The van der Waals surface area contributed by atoms with E-state index >= 15 is 0 Å². The van der Waals surface area contributed by atoms with Crippen LogP contribution in [0.15, 0.2) is 0 Å². The van der Waals surface area contributed by atoms with Gasteiger partial charge in [-0.05, 0) is 19.3 Å². The Bertz CT molecular complexity index is 552. The van der Waals surface area contributed by atoms with E-state index < -0.39 is 15.1 Å². The molecule has 1 aromatic heterocycles. The predicted octanol–water partition coefficient (Wildman–Crippen LogP) is 0.0825. The highest BCUT2D eigenvalue weighted by atomic mass is 32.2. The molecular weight excluding hydrogens is 254 g/mol. The highest BCUT2D eigenvalue weighted by Crippen LogP contribution is 2.35. The van der Waals surface area contributed by atoms with Crippen molar-refractivity contribution in [2.45, 2.75) is 37.5 Å². The molecule has 18 heavy (non-hydrogen) atoms. The zero-order chi connectivity index (χ0) is 12.8. The minimum Gasteiger partial charge on any atom is -0.396 e. The van der Waals surface area contributed by atoms with Crippen LogP contribution in [0, 0.1) is 5.92 Å². The van der Waals surface area contributed by atoms with E-state index in [2.05, 4.69) is 10.2 Å². The van der Waals surface area contributed by atoms with Crippen molar-refractivity contribution in [2.24, 2.45) is 5.92 Å². The van der Waals surface area contributed by atoms with Gasteiger partial charge < -0.3 is 9.67 Å². The first-order valence-electron chi connectivity index (χ1n) is 6.36. The Labute approximate surface area is 106 Å². The number of aliphatic hydroxyl groups excluding tert-OH is 1. The Hall–Kier alpha value is -0.950. The van der Waals surface area contributed by atoms with Gasteiger partial charge in [-0.15, -0.1) is 10.2 Å². The van der Waals surface area contributed by atoms with E-state index in [9.17, 15) is 13.5 Å². The molecule has 1 N–H and O–H groups in total. The van der Waals surface area contributed by atoms with Crippen molar-refractivity contribution in [3.63, 3.8) is 0 Å². The molecule has 2 aliphatic rings. The lowest BCUT2D eigenvalue weighted by atomic mass is 10.0. The number of aromatic nitrogens is 3. The maximum absolute atomic E-state index is 12.0. The van der Waals surface area contributed by atoms with Crippen molar-refractivity contribution in [1.82, 2.24) is 14.8 Å². The molecule has 1 saturated heterocycles. The van der Waals surface area contributed by atoms with Crippen molar-refractivity contribution < 1.29 is 13.5 Å². The van der Waals surface area contributed by atoms with Gasteiger partial charge in [0, 0.05) is 25.5 Å². The topological polar surface area (TPSA) is 85.1 Å². The van der Waals surface area contributed by atoms with Crippen molar-refractivity contribution >= 4 is 9.84 Å². The Morgan fingerprint density at radius 2 is 2.17 bits per heavy atom. The van der Waals surface area contributed by atoms with Gasteiger partial charge in [-0.1, -0.05) is 0 Å². The fraction of sp³-hybridized carbons (Fsp3) is 0.818. The summed E-state index contributed by atoms with van der Waals surface area (Å²) in [5.41, 5.74) is 0. The zero-order valence-electron chi connectivity index (χ0n) is 10.1. The molecule has 2 unspecified atom stereocenters. The molecule has 7 heteroatoms. The van der Waals surface area contributed by atoms with Gasteiger partial charge in [0.15, 0.2) is 15.7 Å². The monoisotopic (exact) mass is 271 g/mol. The second-order valence-electron chi connectivity index (χ2n) is 5.17. The molecule has 0 aliphatic carbocycles. The Kier molecular flexibility index (Phi) is 2.90. The lowest BCUT2D eigenvalue weighted by Gasteiger charge is -2.23. The first-order valence-corrected chi connectivity index (χ1v) is 8.08. The molecule has 3 rings (SSSR count). The number of hydrogen-bond acceptors (Lipinski definition) is 5. The highest BCUT2D eigenvalue weighted by molar-refractivity contribution is 7.91. The van der Waals surface area contributed by atoms with Crippen molar-refractivity contribution in [1.29, 1.82) is 0 Å². The summed E-state index contributed by atoms with van der Waals surface area (Å²) in [6, 6.07) is 0. The second kappa shape index (κ2) is 4.31. The van der Waals surface area contributed by atoms with Gasteiger partial charge >= 0.3 is 0 Å². The molecule has 1 fully saturated rings. The molecule has 2 aliphatic heterocycles. The number of aliphatic hydroxyl groups is 1. The highest BCUT2D eigenvalue weighted by Gasteiger charge is 2.38. The summed E-state index contributed by atoms with van der Waals surface area (Å²) in [5, 5.41) is 16.9. The molecule has 3 heterocycles. The molecule has 6 nitrogen and oxygen atoms in total. The molecule has 0 amide bonds. The third-order valence-corrected chi connectivity index (χ3v) is 6.12. The number of nitrogens with zero attached hydrogens (tertiary/aromatic N) is 3. The lowest BCUT2D eigenvalue weighted by Crippen LogP contribution is -2.25. The largest absolute Gasteiger partial charge is 0.396 e. The van der Waals surface area contributed by atoms with Crippen LogP contribution in [0.25, 0.3) is 0 Å². The van der Waals surface area contributed by atoms with Gasteiger partial charge in [-0.3, -0.25) is 0 Å². The molecule has 1 aromatic rings. The van der Waals surface area contributed by atoms with Gasteiger partial charge in [0.05, 0.1) is 5.75 Å². The number of hydrogen-bond donors (Lipinski definition) is 1. The maximum Gasteiger partial charge on any atom is 0.160 e. The standard InChI is InChI=1S/C11H17N3O3S/c15-7-8-3-4-10-12-13-11(14(10)6-8)9-2-1-5-18(9,16)17/h8-9,15H,1-7H2. The molecule has 0 spiro atoms. The summed E-state index contributed by atoms with van der Waals surface area (Å²) < 4.78 is 25.8. The van der Waals surface area contributed by atoms with Gasteiger partial charge in [0.1, 0.15) is 11.1 Å². The van der Waals surface area contributed by atoms with Crippen molar-refractivity contribution in [3.05, 3.63) is 11.6 Å². The minimum absolute atomic E-state index is 0.133. The van der Waals surface area contributed by atoms with E-state index in [0.717, 1.165) is 18.7 Å². The van der Waals surface area contributed by atoms with Crippen LogP contribution in [0.4, 0.5) is 0 Å². The van der Waals surface area contributed by atoms with Crippen LogP contribution in [0.1, 0.15) is 36.2 Å². The third-order valence-electron chi connectivity index (χ3n) is 3.95. The van der Waals surface area contributed by atoms with Crippen LogP contribution in [-0.2, 0) is 22.8 Å².